The van der Waals surface area contributed by atoms with Crippen LogP contribution < -0.4 is 11.3 Å². The lowest BCUT2D eigenvalue weighted by atomic mass is 10.4. The van der Waals surface area contributed by atoms with Crippen molar-refractivity contribution in [2.45, 2.75) is 6.54 Å². The molecule has 0 bridgehead atoms. The zero-order valence-corrected chi connectivity index (χ0v) is 6.60. The van der Waals surface area contributed by atoms with Crippen LogP contribution in [0, 0.1) is 11.3 Å². The van der Waals surface area contributed by atoms with E-state index in [0.29, 0.717) is 0 Å². The van der Waals surface area contributed by atoms with Crippen molar-refractivity contribution in [1.82, 2.24) is 9.55 Å². The molecule has 2 N–H and O–H groups in total. The SMILES string of the molecule is N#Cc1cncn(CC(N)=O)c1=O. The van der Waals surface area contributed by atoms with Gasteiger partial charge in [0.05, 0.1) is 12.5 Å². The Hall–Kier alpha value is -2.16. The van der Waals surface area contributed by atoms with Gasteiger partial charge in [0.1, 0.15) is 18.2 Å². The predicted molar refractivity (Wildman–Crippen MR) is 42.4 cm³/mol. The van der Waals surface area contributed by atoms with E-state index in [-0.39, 0.29) is 12.1 Å². The van der Waals surface area contributed by atoms with Crippen LogP contribution in [0.15, 0.2) is 17.3 Å². The minimum absolute atomic E-state index is 0.108. The molecule has 1 amide bonds. The number of nitrogens with two attached hydrogens (primary N) is 1. The largest absolute Gasteiger partial charge is 0.368 e. The Morgan fingerprint density at radius 1 is 1.77 bits per heavy atom. The van der Waals surface area contributed by atoms with E-state index in [1.54, 1.807) is 6.07 Å². The summed E-state index contributed by atoms with van der Waals surface area (Å²) in [6, 6.07) is 1.66. The molecule has 0 saturated carbocycles. The van der Waals surface area contributed by atoms with Gasteiger partial charge >= 0.3 is 0 Å². The number of hydrogen-bond acceptors (Lipinski definition) is 4. The Morgan fingerprint density at radius 2 is 2.46 bits per heavy atom. The molecular weight excluding hydrogens is 172 g/mol. The average molecular weight is 178 g/mol. The molecule has 0 radical (unpaired) electrons. The van der Waals surface area contributed by atoms with E-state index in [9.17, 15) is 9.59 Å². The second-order valence-corrected chi connectivity index (χ2v) is 2.32. The van der Waals surface area contributed by atoms with Crippen LogP contribution in [0.1, 0.15) is 5.56 Å². The Kier molecular flexibility index (Phi) is 2.40. The Morgan fingerprint density at radius 3 is 3.00 bits per heavy atom. The molecule has 0 atom stereocenters. The fourth-order valence-corrected chi connectivity index (χ4v) is 0.808. The third-order valence-corrected chi connectivity index (χ3v) is 1.35. The van der Waals surface area contributed by atoms with Crippen molar-refractivity contribution >= 4 is 5.91 Å². The highest BCUT2D eigenvalue weighted by Gasteiger charge is 2.04. The molecule has 0 aliphatic heterocycles. The smallest absolute Gasteiger partial charge is 0.271 e. The van der Waals surface area contributed by atoms with Crippen molar-refractivity contribution in [2.24, 2.45) is 5.73 Å². The van der Waals surface area contributed by atoms with E-state index in [4.69, 9.17) is 11.0 Å². The van der Waals surface area contributed by atoms with E-state index in [2.05, 4.69) is 4.98 Å². The first-order chi connectivity index (χ1) is 6.15. The molecule has 1 heterocycles. The number of carbonyl (C=O) groups excluding carboxylic acids is 1. The molecule has 1 aromatic heterocycles. The number of carbonyl (C=O) groups is 1. The number of amides is 1. The van der Waals surface area contributed by atoms with Crippen LogP contribution in [0.2, 0.25) is 0 Å². The highest BCUT2D eigenvalue weighted by atomic mass is 16.2. The molecule has 1 rings (SSSR count). The summed E-state index contributed by atoms with van der Waals surface area (Å²) in [7, 11) is 0. The fourth-order valence-electron chi connectivity index (χ4n) is 0.808. The van der Waals surface area contributed by atoms with Gasteiger partial charge in [-0.15, -0.1) is 0 Å². The number of nitrogens with zero attached hydrogens (tertiary/aromatic N) is 3. The summed E-state index contributed by atoms with van der Waals surface area (Å²) < 4.78 is 0.987. The lowest BCUT2D eigenvalue weighted by Gasteiger charge is -1.99. The third-order valence-electron chi connectivity index (χ3n) is 1.35. The van der Waals surface area contributed by atoms with Gasteiger partial charge in [0.25, 0.3) is 5.56 Å². The summed E-state index contributed by atoms with van der Waals surface area (Å²) >= 11 is 0. The van der Waals surface area contributed by atoms with E-state index >= 15 is 0 Å². The molecule has 0 spiro atoms. The molecule has 66 valence electrons. The number of hydrogen-bond donors (Lipinski definition) is 1. The molecule has 0 fully saturated rings. The van der Waals surface area contributed by atoms with E-state index in [1.807, 2.05) is 0 Å². The minimum atomic E-state index is -0.654. The van der Waals surface area contributed by atoms with Gasteiger partial charge in [0.2, 0.25) is 5.91 Å². The molecule has 0 aliphatic carbocycles. The lowest BCUT2D eigenvalue weighted by molar-refractivity contribution is -0.118. The van der Waals surface area contributed by atoms with Gasteiger partial charge in [-0.05, 0) is 0 Å². The van der Waals surface area contributed by atoms with Crippen LogP contribution in [0.4, 0.5) is 0 Å². The molecule has 0 aliphatic rings. The minimum Gasteiger partial charge on any atom is -0.368 e. The van der Waals surface area contributed by atoms with Gasteiger partial charge in [-0.25, -0.2) is 4.98 Å². The van der Waals surface area contributed by atoms with Crippen molar-refractivity contribution in [1.29, 1.82) is 5.26 Å². The van der Waals surface area contributed by atoms with Crippen LogP contribution in [0.5, 0.6) is 0 Å². The van der Waals surface area contributed by atoms with Gasteiger partial charge in [-0.1, -0.05) is 0 Å². The second-order valence-electron chi connectivity index (χ2n) is 2.32. The normalized spacial score (nSPS) is 9.15. The maximum atomic E-state index is 11.2. The molecule has 1 aromatic rings. The van der Waals surface area contributed by atoms with E-state index < -0.39 is 11.5 Å². The summed E-state index contributed by atoms with van der Waals surface area (Å²) in [6.45, 7) is -0.263. The van der Waals surface area contributed by atoms with Crippen LogP contribution in [0.25, 0.3) is 0 Å². The lowest BCUT2D eigenvalue weighted by Crippen LogP contribution is -2.29. The second kappa shape index (κ2) is 3.49. The number of aromatic nitrogens is 2. The van der Waals surface area contributed by atoms with Gasteiger partial charge in [-0.2, -0.15) is 5.26 Å². The quantitative estimate of drug-likeness (QED) is 0.601. The number of rotatable bonds is 2. The van der Waals surface area contributed by atoms with Crippen molar-refractivity contribution in [3.63, 3.8) is 0 Å². The van der Waals surface area contributed by atoms with Crippen LogP contribution in [0.3, 0.4) is 0 Å². The standard InChI is InChI=1S/C7H6N4O2/c8-1-5-2-10-4-11(7(5)13)3-6(9)12/h2,4H,3H2,(H2,9,12). The number of primary amides is 1. The predicted octanol–water partition coefficient (Wildman–Crippen LogP) is -1.40. The summed E-state index contributed by atoms with van der Waals surface area (Å²) in [5, 5.41) is 8.46. The van der Waals surface area contributed by atoms with E-state index in [0.717, 1.165) is 17.1 Å². The van der Waals surface area contributed by atoms with Gasteiger partial charge in [-0.3, -0.25) is 14.2 Å². The summed E-state index contributed by atoms with van der Waals surface area (Å²) in [5.74, 6) is -0.654. The highest BCUT2D eigenvalue weighted by Crippen LogP contribution is 1.84. The Labute approximate surface area is 73.2 Å². The van der Waals surface area contributed by atoms with Gasteiger partial charge in [0.15, 0.2) is 0 Å². The zero-order valence-electron chi connectivity index (χ0n) is 6.60. The average Bonchev–Trinajstić information content (AvgIpc) is 2.08. The molecule has 0 aromatic carbocycles. The van der Waals surface area contributed by atoms with Crippen molar-refractivity contribution in [3.8, 4) is 6.07 Å². The third kappa shape index (κ3) is 1.90. The molecule has 0 unspecified atom stereocenters. The van der Waals surface area contributed by atoms with Gasteiger partial charge in [0, 0.05) is 0 Å². The van der Waals surface area contributed by atoms with Crippen LogP contribution in [-0.4, -0.2) is 15.5 Å². The maximum Gasteiger partial charge on any atom is 0.271 e. The van der Waals surface area contributed by atoms with Crippen molar-refractivity contribution in [3.05, 3.63) is 28.4 Å². The molecule has 6 nitrogen and oxygen atoms in total. The van der Waals surface area contributed by atoms with Crippen LogP contribution in [-0.2, 0) is 11.3 Å². The Bertz CT molecular complexity index is 429. The van der Waals surface area contributed by atoms with Gasteiger partial charge < -0.3 is 5.73 Å². The van der Waals surface area contributed by atoms with Crippen LogP contribution >= 0.6 is 0 Å². The maximum absolute atomic E-state index is 11.2. The first kappa shape index (κ1) is 8.93. The molecular formula is C7H6N4O2. The first-order valence-electron chi connectivity index (χ1n) is 3.38. The summed E-state index contributed by atoms with van der Waals surface area (Å²) in [4.78, 5) is 25.3. The Balaban J connectivity index is 3.18. The molecule has 0 saturated heterocycles. The first-order valence-corrected chi connectivity index (χ1v) is 3.38. The fraction of sp³-hybridized carbons (Fsp3) is 0.143. The van der Waals surface area contributed by atoms with Crippen molar-refractivity contribution < 1.29 is 4.79 Å². The topological polar surface area (TPSA) is 102 Å². The zero-order chi connectivity index (χ0) is 9.84. The molecule has 6 heteroatoms. The van der Waals surface area contributed by atoms with E-state index in [1.165, 1.54) is 0 Å². The van der Waals surface area contributed by atoms with Crippen molar-refractivity contribution in [2.75, 3.05) is 0 Å². The summed E-state index contributed by atoms with van der Waals surface area (Å²) in [5.41, 5.74) is 4.21. The molecule has 13 heavy (non-hydrogen) atoms. The summed E-state index contributed by atoms with van der Waals surface area (Å²) in [6.07, 6.45) is 2.30. The monoisotopic (exact) mass is 178 g/mol. The highest BCUT2D eigenvalue weighted by molar-refractivity contribution is 5.73. The number of nitriles is 1.